The van der Waals surface area contributed by atoms with Crippen molar-refractivity contribution in [2.24, 2.45) is 4.99 Å². The Bertz CT molecular complexity index is 761. The second-order valence-corrected chi connectivity index (χ2v) is 7.01. The molecule has 0 spiro atoms. The Hall–Kier alpha value is -1.58. The maximum atomic E-state index is 10.3. The normalized spacial score (nSPS) is 17.8. The highest BCUT2D eigenvalue weighted by molar-refractivity contribution is 14.0. The van der Waals surface area contributed by atoms with E-state index in [0.29, 0.717) is 12.6 Å². The minimum Gasteiger partial charge on any atom is -0.386 e. The molecule has 0 radical (unpaired) electrons. The predicted molar refractivity (Wildman–Crippen MR) is 126 cm³/mol. The number of pyridine rings is 1. The zero-order chi connectivity index (χ0) is 19.1. The van der Waals surface area contributed by atoms with Crippen molar-refractivity contribution >= 4 is 47.2 Å². The van der Waals surface area contributed by atoms with Crippen molar-refractivity contribution in [2.75, 3.05) is 31.1 Å². The molecule has 1 aromatic heterocycles. The van der Waals surface area contributed by atoms with E-state index < -0.39 is 6.10 Å². The maximum Gasteiger partial charge on any atom is 0.191 e. The molecule has 1 aliphatic heterocycles. The molecule has 2 unspecified atom stereocenters. The Kier molecular flexibility index (Phi) is 9.27. The number of aliphatic imine (C=N–C) groups is 1. The van der Waals surface area contributed by atoms with Crippen molar-refractivity contribution in [1.29, 1.82) is 0 Å². The molecule has 2 aromatic rings. The molecule has 0 amide bonds. The smallest absolute Gasteiger partial charge is 0.191 e. The summed E-state index contributed by atoms with van der Waals surface area (Å²) in [7, 11) is 0. The van der Waals surface area contributed by atoms with E-state index in [2.05, 4.69) is 31.6 Å². The van der Waals surface area contributed by atoms with Gasteiger partial charge in [-0.3, -0.25) is 9.98 Å². The number of nitrogens with zero attached hydrogens (tertiary/aromatic N) is 3. The van der Waals surface area contributed by atoms with Crippen LogP contribution < -0.4 is 15.5 Å². The molecule has 28 heavy (non-hydrogen) atoms. The van der Waals surface area contributed by atoms with Crippen LogP contribution in [0, 0.1) is 0 Å². The number of halogens is 2. The number of anilines is 1. The molecule has 2 atom stereocenters. The van der Waals surface area contributed by atoms with Crippen LogP contribution in [0.1, 0.15) is 25.0 Å². The predicted octanol–water partition coefficient (Wildman–Crippen LogP) is 3.22. The lowest BCUT2D eigenvalue weighted by Gasteiger charge is -2.21. The van der Waals surface area contributed by atoms with Crippen LogP contribution in [-0.2, 0) is 0 Å². The molecule has 1 fully saturated rings. The summed E-state index contributed by atoms with van der Waals surface area (Å²) in [6.07, 6.45) is 3.72. The van der Waals surface area contributed by atoms with Crippen molar-refractivity contribution < 1.29 is 5.11 Å². The summed E-state index contributed by atoms with van der Waals surface area (Å²) in [4.78, 5) is 10.8. The largest absolute Gasteiger partial charge is 0.386 e. The first-order valence-corrected chi connectivity index (χ1v) is 9.67. The monoisotopic (exact) mass is 515 g/mol. The number of aliphatic hydroxyl groups excluding tert-OH is 1. The first kappa shape index (κ1) is 22.7. The molecule has 1 saturated heterocycles. The Balaban J connectivity index is 0.00000280. The van der Waals surface area contributed by atoms with Crippen molar-refractivity contribution in [3.05, 3.63) is 59.4 Å². The second kappa shape index (κ2) is 11.4. The van der Waals surface area contributed by atoms with E-state index in [1.165, 1.54) is 0 Å². The van der Waals surface area contributed by atoms with Crippen LogP contribution in [0.15, 0.2) is 53.8 Å². The number of nitrogens with one attached hydrogen (secondary N) is 2. The molecule has 152 valence electrons. The molecule has 0 bridgehead atoms. The van der Waals surface area contributed by atoms with Crippen molar-refractivity contribution in [3.63, 3.8) is 0 Å². The van der Waals surface area contributed by atoms with E-state index in [0.717, 1.165) is 48.3 Å². The standard InChI is InChI=1S/C20H26ClN5O.HI/c1-2-23-20(24-13-19(27)15-6-9-22-10-7-15)25-17-8-11-26(14-17)18-5-3-4-16(21)12-18;/h3-7,9-10,12,17,19,27H,2,8,11,13-14H2,1H3,(H2,23,24,25);1H. The molecule has 1 aliphatic rings. The summed E-state index contributed by atoms with van der Waals surface area (Å²) in [5.41, 5.74) is 1.96. The van der Waals surface area contributed by atoms with Gasteiger partial charge in [-0.25, -0.2) is 0 Å². The third kappa shape index (κ3) is 6.49. The zero-order valence-corrected chi connectivity index (χ0v) is 19.0. The summed E-state index contributed by atoms with van der Waals surface area (Å²) in [6, 6.07) is 11.8. The Morgan fingerprint density at radius 3 is 2.86 bits per heavy atom. The zero-order valence-electron chi connectivity index (χ0n) is 15.9. The number of guanidine groups is 1. The number of benzene rings is 1. The van der Waals surface area contributed by atoms with Gasteiger partial charge in [-0.05, 0) is 49.2 Å². The third-order valence-corrected chi connectivity index (χ3v) is 4.79. The fourth-order valence-electron chi connectivity index (χ4n) is 3.17. The topological polar surface area (TPSA) is 72.8 Å². The lowest BCUT2D eigenvalue weighted by atomic mass is 10.1. The second-order valence-electron chi connectivity index (χ2n) is 6.57. The van der Waals surface area contributed by atoms with Crippen molar-refractivity contribution in [2.45, 2.75) is 25.5 Å². The molecule has 6 nitrogen and oxygen atoms in total. The van der Waals surface area contributed by atoms with E-state index in [4.69, 9.17) is 11.6 Å². The fraction of sp³-hybridized carbons (Fsp3) is 0.400. The number of aliphatic hydroxyl groups is 1. The lowest BCUT2D eigenvalue weighted by Crippen LogP contribution is -2.44. The third-order valence-electron chi connectivity index (χ3n) is 4.56. The highest BCUT2D eigenvalue weighted by atomic mass is 127. The average molecular weight is 516 g/mol. The van der Waals surface area contributed by atoms with E-state index >= 15 is 0 Å². The molecule has 1 aromatic carbocycles. The quantitative estimate of drug-likeness (QED) is 0.313. The first-order valence-electron chi connectivity index (χ1n) is 9.29. The SMILES string of the molecule is CCNC(=NCC(O)c1ccncc1)NC1CCN(c2cccc(Cl)c2)C1.I. The minimum absolute atomic E-state index is 0. The van der Waals surface area contributed by atoms with E-state index in [9.17, 15) is 5.11 Å². The molecule has 0 aliphatic carbocycles. The van der Waals surface area contributed by atoms with Gasteiger partial charge in [0.05, 0.1) is 12.6 Å². The maximum absolute atomic E-state index is 10.3. The average Bonchev–Trinajstić information content (AvgIpc) is 3.15. The van der Waals surface area contributed by atoms with Gasteiger partial charge in [0.1, 0.15) is 0 Å². The number of hydrogen-bond donors (Lipinski definition) is 3. The van der Waals surface area contributed by atoms with Crippen molar-refractivity contribution in [3.8, 4) is 0 Å². The van der Waals surface area contributed by atoms with Crippen LogP contribution >= 0.6 is 35.6 Å². The molecular formula is C20H27ClIN5O. The Morgan fingerprint density at radius 2 is 2.14 bits per heavy atom. The fourth-order valence-corrected chi connectivity index (χ4v) is 3.35. The van der Waals surface area contributed by atoms with Crippen LogP contribution in [0.25, 0.3) is 0 Å². The van der Waals surface area contributed by atoms with Gasteiger partial charge in [-0.1, -0.05) is 17.7 Å². The Morgan fingerprint density at radius 1 is 1.36 bits per heavy atom. The summed E-state index contributed by atoms with van der Waals surface area (Å²) in [5.74, 6) is 0.726. The van der Waals surface area contributed by atoms with Crippen LogP contribution in [0.4, 0.5) is 5.69 Å². The van der Waals surface area contributed by atoms with Crippen molar-refractivity contribution in [1.82, 2.24) is 15.6 Å². The van der Waals surface area contributed by atoms with Gasteiger partial charge < -0.3 is 20.6 Å². The number of hydrogen-bond acceptors (Lipinski definition) is 4. The molecule has 8 heteroatoms. The number of rotatable bonds is 6. The van der Waals surface area contributed by atoms with Crippen LogP contribution in [0.5, 0.6) is 0 Å². The van der Waals surface area contributed by atoms with Crippen LogP contribution in [0.3, 0.4) is 0 Å². The van der Waals surface area contributed by atoms with Gasteiger partial charge in [-0.15, -0.1) is 24.0 Å². The summed E-state index contributed by atoms with van der Waals surface area (Å²) in [5, 5.41) is 17.8. The van der Waals surface area contributed by atoms with Gasteiger partial charge >= 0.3 is 0 Å². The van der Waals surface area contributed by atoms with E-state index in [1.54, 1.807) is 24.5 Å². The first-order chi connectivity index (χ1) is 13.2. The molecular weight excluding hydrogens is 489 g/mol. The minimum atomic E-state index is -0.644. The van der Waals surface area contributed by atoms with E-state index in [1.807, 2.05) is 25.1 Å². The van der Waals surface area contributed by atoms with Gasteiger partial charge in [0.15, 0.2) is 5.96 Å². The summed E-state index contributed by atoms with van der Waals surface area (Å²) < 4.78 is 0. The molecule has 3 N–H and O–H groups in total. The highest BCUT2D eigenvalue weighted by Crippen LogP contribution is 2.23. The molecule has 3 rings (SSSR count). The van der Waals surface area contributed by atoms with E-state index in [-0.39, 0.29) is 24.0 Å². The summed E-state index contributed by atoms with van der Waals surface area (Å²) in [6.45, 7) is 4.95. The Labute approximate surface area is 188 Å². The highest BCUT2D eigenvalue weighted by Gasteiger charge is 2.23. The van der Waals surface area contributed by atoms with Gasteiger partial charge in [0.2, 0.25) is 0 Å². The molecule has 0 saturated carbocycles. The van der Waals surface area contributed by atoms with Gasteiger partial charge in [0, 0.05) is 48.8 Å². The van der Waals surface area contributed by atoms with Crippen LogP contribution in [0.2, 0.25) is 5.02 Å². The summed E-state index contributed by atoms with van der Waals surface area (Å²) >= 11 is 6.11. The molecule has 2 heterocycles. The number of aromatic nitrogens is 1. The van der Waals surface area contributed by atoms with Crippen LogP contribution in [-0.4, -0.2) is 48.3 Å². The van der Waals surface area contributed by atoms with Gasteiger partial charge in [-0.2, -0.15) is 0 Å². The van der Waals surface area contributed by atoms with Gasteiger partial charge in [0.25, 0.3) is 0 Å². The lowest BCUT2D eigenvalue weighted by molar-refractivity contribution is 0.187.